The Morgan fingerprint density at radius 2 is 2.03 bits per heavy atom. The Morgan fingerprint density at radius 1 is 1.23 bits per heavy atom. The zero-order valence-electron chi connectivity index (χ0n) is 16.6. The number of thiocarbonyl (C=S) groups is 1. The Labute approximate surface area is 178 Å². The number of benzene rings is 1. The predicted octanol–water partition coefficient (Wildman–Crippen LogP) is 2.17. The molecule has 30 heavy (non-hydrogen) atoms. The normalized spacial score (nSPS) is 16.0. The molecule has 0 saturated carbocycles. The van der Waals surface area contributed by atoms with Gasteiger partial charge >= 0.3 is 5.91 Å². The lowest BCUT2D eigenvalue weighted by atomic mass is 10.2. The first kappa shape index (κ1) is 21.3. The Balaban J connectivity index is 1.72. The number of furan rings is 1. The Kier molecular flexibility index (Phi) is 6.68. The molecule has 0 bridgehead atoms. The Hall–Kier alpha value is -3.40. The zero-order chi connectivity index (χ0) is 21.7. The summed E-state index contributed by atoms with van der Waals surface area (Å²) in [6, 6.07) is 9.04. The quantitative estimate of drug-likeness (QED) is 0.619. The van der Waals surface area contributed by atoms with Gasteiger partial charge in [-0.1, -0.05) is 6.07 Å². The van der Waals surface area contributed by atoms with Gasteiger partial charge in [-0.05, 0) is 50.3 Å². The summed E-state index contributed by atoms with van der Waals surface area (Å²) in [6.07, 6.45) is 1.16. The highest BCUT2D eigenvalue weighted by Crippen LogP contribution is 2.21. The molecular weight excluding hydrogens is 408 g/mol. The van der Waals surface area contributed by atoms with Crippen LogP contribution in [0.4, 0.5) is 5.69 Å². The molecule has 1 aromatic carbocycles. The Morgan fingerprint density at radius 3 is 2.70 bits per heavy atom. The molecule has 1 saturated heterocycles. The van der Waals surface area contributed by atoms with Crippen molar-refractivity contribution in [2.24, 2.45) is 0 Å². The lowest BCUT2D eigenvalue weighted by molar-refractivity contribution is -0.130. The number of nitrogens with one attached hydrogen (secondary N) is 2. The second-order valence-electron chi connectivity index (χ2n) is 6.38. The molecule has 10 heteroatoms. The monoisotopic (exact) mass is 430 g/mol. The number of hydrogen-bond donors (Lipinski definition) is 2. The average Bonchev–Trinajstić information content (AvgIpc) is 3.32. The van der Waals surface area contributed by atoms with Crippen LogP contribution in [-0.2, 0) is 9.59 Å². The molecule has 2 N–H and O–H groups in total. The molecule has 1 atom stereocenters. The molecule has 0 radical (unpaired) electrons. The van der Waals surface area contributed by atoms with Crippen molar-refractivity contribution in [3.8, 4) is 5.75 Å². The van der Waals surface area contributed by atoms with Gasteiger partial charge < -0.3 is 14.5 Å². The van der Waals surface area contributed by atoms with E-state index >= 15 is 0 Å². The molecule has 2 heterocycles. The summed E-state index contributed by atoms with van der Waals surface area (Å²) >= 11 is 5.33. The second kappa shape index (κ2) is 9.40. The van der Waals surface area contributed by atoms with Crippen molar-refractivity contribution < 1.29 is 23.5 Å². The van der Waals surface area contributed by atoms with E-state index in [1.54, 1.807) is 37.3 Å². The van der Waals surface area contributed by atoms with E-state index < -0.39 is 17.9 Å². The summed E-state index contributed by atoms with van der Waals surface area (Å²) in [6.45, 7) is 4.45. The van der Waals surface area contributed by atoms with Crippen molar-refractivity contribution in [1.82, 2.24) is 15.3 Å². The van der Waals surface area contributed by atoms with Crippen molar-refractivity contribution in [2.45, 2.75) is 26.3 Å². The molecule has 1 aromatic heterocycles. The molecule has 1 aliphatic heterocycles. The molecule has 3 amide bonds. The van der Waals surface area contributed by atoms with Gasteiger partial charge in [-0.25, -0.2) is 5.01 Å². The fraction of sp³-hybridized carbons (Fsp3) is 0.300. The predicted molar refractivity (Wildman–Crippen MR) is 113 cm³/mol. The van der Waals surface area contributed by atoms with E-state index in [-0.39, 0.29) is 23.2 Å². The first-order valence-electron chi connectivity index (χ1n) is 9.46. The number of likely N-dealkylation sites (N-methyl/N-ethyl adjacent to an activating group) is 1. The van der Waals surface area contributed by atoms with Crippen molar-refractivity contribution in [2.75, 3.05) is 18.5 Å². The molecule has 158 valence electrons. The van der Waals surface area contributed by atoms with E-state index in [0.29, 0.717) is 24.6 Å². The van der Waals surface area contributed by atoms with Gasteiger partial charge in [0, 0.05) is 18.3 Å². The van der Waals surface area contributed by atoms with E-state index in [9.17, 15) is 14.4 Å². The maximum absolute atomic E-state index is 12.8. The molecule has 1 aliphatic rings. The highest BCUT2D eigenvalue weighted by Gasteiger charge is 2.44. The smallest absolute Gasteiger partial charge is 0.305 e. The molecule has 9 nitrogen and oxygen atoms in total. The van der Waals surface area contributed by atoms with Gasteiger partial charge in [0.05, 0.1) is 19.3 Å². The van der Waals surface area contributed by atoms with Gasteiger partial charge in [0.15, 0.2) is 10.9 Å². The van der Waals surface area contributed by atoms with Crippen LogP contribution in [0.3, 0.4) is 0 Å². The Bertz CT molecular complexity index is 946. The molecule has 2 aromatic rings. The lowest BCUT2D eigenvalue weighted by Gasteiger charge is -2.23. The summed E-state index contributed by atoms with van der Waals surface area (Å²) < 4.78 is 10.5. The van der Waals surface area contributed by atoms with Gasteiger partial charge in [-0.2, -0.15) is 0 Å². The molecule has 1 fully saturated rings. The number of hydrazine groups is 1. The van der Waals surface area contributed by atoms with Gasteiger partial charge in [-0.3, -0.25) is 24.7 Å². The van der Waals surface area contributed by atoms with Gasteiger partial charge in [0.1, 0.15) is 11.8 Å². The van der Waals surface area contributed by atoms with Crippen molar-refractivity contribution >= 4 is 40.7 Å². The zero-order valence-corrected chi connectivity index (χ0v) is 17.4. The van der Waals surface area contributed by atoms with Crippen LogP contribution in [-0.4, -0.2) is 51.9 Å². The first-order valence-corrected chi connectivity index (χ1v) is 9.87. The summed E-state index contributed by atoms with van der Waals surface area (Å²) in [5, 5.41) is 4.11. The highest BCUT2D eigenvalue weighted by atomic mass is 32.1. The maximum atomic E-state index is 12.8. The van der Waals surface area contributed by atoms with Crippen LogP contribution in [0.5, 0.6) is 5.75 Å². The van der Waals surface area contributed by atoms with Crippen molar-refractivity contribution in [3.05, 3.63) is 48.4 Å². The van der Waals surface area contributed by atoms with Gasteiger partial charge in [0.25, 0.3) is 5.91 Å². The van der Waals surface area contributed by atoms with Crippen LogP contribution in [0.2, 0.25) is 0 Å². The lowest BCUT2D eigenvalue weighted by Crippen LogP contribution is -2.49. The summed E-state index contributed by atoms with van der Waals surface area (Å²) in [5.41, 5.74) is 3.11. The van der Waals surface area contributed by atoms with Crippen molar-refractivity contribution in [3.63, 3.8) is 0 Å². The molecule has 0 spiro atoms. The molecular formula is C20H22N4O5S. The van der Waals surface area contributed by atoms with E-state index in [1.807, 2.05) is 6.92 Å². The third-order valence-corrected chi connectivity index (χ3v) is 4.81. The molecule has 1 unspecified atom stereocenters. The first-order chi connectivity index (χ1) is 14.4. The fourth-order valence-electron chi connectivity index (χ4n) is 3.03. The van der Waals surface area contributed by atoms with Crippen LogP contribution in [0, 0.1) is 0 Å². The van der Waals surface area contributed by atoms with E-state index in [2.05, 4.69) is 10.7 Å². The topological polar surface area (TPSA) is 104 Å². The minimum atomic E-state index is -0.966. The van der Waals surface area contributed by atoms with E-state index in [1.165, 1.54) is 22.2 Å². The summed E-state index contributed by atoms with van der Waals surface area (Å²) in [5.74, 6) is -0.641. The number of hydrogen-bond acceptors (Lipinski definition) is 6. The van der Waals surface area contributed by atoms with E-state index in [4.69, 9.17) is 21.4 Å². The standard InChI is InChI=1S/C20H22N4O5S/c1-3-23-19(27)15(24(20(23)30)22-18(26)16-9-6-10-29-16)12-17(25)21-13-7-5-8-14(11-13)28-4-2/h5-11,15H,3-4,12H2,1-2H3,(H,21,25)(H,22,26). The number of anilines is 1. The highest BCUT2D eigenvalue weighted by molar-refractivity contribution is 7.80. The number of amides is 3. The number of carbonyl (C=O) groups is 3. The minimum absolute atomic E-state index is 0.0659. The number of nitrogens with zero attached hydrogens (tertiary/aromatic N) is 2. The third kappa shape index (κ3) is 4.60. The van der Waals surface area contributed by atoms with Crippen LogP contribution in [0.1, 0.15) is 30.8 Å². The fourth-order valence-corrected chi connectivity index (χ4v) is 3.43. The number of rotatable bonds is 8. The maximum Gasteiger partial charge on any atom is 0.305 e. The van der Waals surface area contributed by atoms with Crippen LogP contribution >= 0.6 is 12.2 Å². The largest absolute Gasteiger partial charge is 0.494 e. The summed E-state index contributed by atoms with van der Waals surface area (Å²) in [4.78, 5) is 39.1. The van der Waals surface area contributed by atoms with E-state index in [0.717, 1.165) is 0 Å². The second-order valence-corrected chi connectivity index (χ2v) is 6.75. The van der Waals surface area contributed by atoms with Crippen LogP contribution in [0.25, 0.3) is 0 Å². The van der Waals surface area contributed by atoms with Gasteiger partial charge in [0.2, 0.25) is 5.91 Å². The van der Waals surface area contributed by atoms with Crippen LogP contribution < -0.4 is 15.5 Å². The third-order valence-electron chi connectivity index (χ3n) is 4.39. The molecule has 3 rings (SSSR count). The SMILES string of the molecule is CCOc1cccc(NC(=O)CC2C(=O)N(CC)C(=S)N2NC(=O)c2ccco2)c1. The average molecular weight is 430 g/mol. The number of ether oxygens (including phenoxy) is 1. The van der Waals surface area contributed by atoms with Gasteiger partial charge in [-0.15, -0.1) is 0 Å². The minimum Gasteiger partial charge on any atom is -0.494 e. The number of carbonyl (C=O) groups excluding carboxylic acids is 3. The van der Waals surface area contributed by atoms with Crippen molar-refractivity contribution in [1.29, 1.82) is 0 Å². The molecule has 0 aliphatic carbocycles. The summed E-state index contributed by atoms with van der Waals surface area (Å²) in [7, 11) is 0. The van der Waals surface area contributed by atoms with Crippen LogP contribution in [0.15, 0.2) is 47.1 Å².